The number of benzene rings is 1. The van der Waals surface area contributed by atoms with Gasteiger partial charge in [0.2, 0.25) is 0 Å². The topological polar surface area (TPSA) is 20.2 Å². The van der Waals surface area contributed by atoms with Gasteiger partial charge in [0.05, 0.1) is 0 Å². The standard InChI is InChI=1S/C14H20OS/c1-10-7-11(2)9-13(8-10)14(15)5-4-6-16-12(14)3/h7-9,12,15H,4-6H2,1-3H3. The first-order chi connectivity index (χ1) is 7.52. The molecule has 0 aromatic heterocycles. The lowest BCUT2D eigenvalue weighted by Crippen LogP contribution is -2.38. The molecule has 1 N–H and O–H groups in total. The molecule has 2 rings (SSSR count). The maximum atomic E-state index is 10.8. The quantitative estimate of drug-likeness (QED) is 0.806. The van der Waals surface area contributed by atoms with E-state index in [1.165, 1.54) is 16.9 Å². The smallest absolute Gasteiger partial charge is 0.101 e. The molecule has 0 spiro atoms. The van der Waals surface area contributed by atoms with Crippen LogP contribution < -0.4 is 0 Å². The minimum absolute atomic E-state index is 0.294. The van der Waals surface area contributed by atoms with Crippen LogP contribution in [0.2, 0.25) is 0 Å². The Bertz CT molecular complexity index is 368. The van der Waals surface area contributed by atoms with Gasteiger partial charge in [0, 0.05) is 5.25 Å². The summed E-state index contributed by atoms with van der Waals surface area (Å²) in [5.74, 6) is 1.17. The number of thioether (sulfide) groups is 1. The van der Waals surface area contributed by atoms with E-state index in [0.29, 0.717) is 5.25 Å². The van der Waals surface area contributed by atoms with Crippen LogP contribution in [0.1, 0.15) is 36.5 Å². The van der Waals surface area contributed by atoms with Gasteiger partial charge in [0.25, 0.3) is 0 Å². The minimum atomic E-state index is -0.625. The number of aliphatic hydroxyl groups is 1. The molecule has 0 aliphatic carbocycles. The number of hydrogen-bond acceptors (Lipinski definition) is 2. The third-order valence-corrected chi connectivity index (χ3v) is 4.88. The molecule has 0 amide bonds. The van der Waals surface area contributed by atoms with Crippen LogP contribution in [-0.4, -0.2) is 16.1 Å². The molecule has 0 saturated carbocycles. The van der Waals surface area contributed by atoms with Gasteiger partial charge in [-0.2, -0.15) is 11.8 Å². The van der Waals surface area contributed by atoms with Crippen molar-refractivity contribution in [3.05, 3.63) is 34.9 Å². The van der Waals surface area contributed by atoms with Crippen molar-refractivity contribution in [1.29, 1.82) is 0 Å². The molecule has 1 aliphatic heterocycles. The van der Waals surface area contributed by atoms with Crippen LogP contribution in [0.5, 0.6) is 0 Å². The second-order valence-corrected chi connectivity index (χ2v) is 6.37. The van der Waals surface area contributed by atoms with Crippen molar-refractivity contribution in [2.75, 3.05) is 5.75 Å². The normalized spacial score (nSPS) is 30.4. The summed E-state index contributed by atoms with van der Waals surface area (Å²) in [6.07, 6.45) is 2.00. The molecule has 2 atom stereocenters. The van der Waals surface area contributed by atoms with Crippen molar-refractivity contribution < 1.29 is 5.11 Å². The largest absolute Gasteiger partial charge is 0.384 e. The summed E-state index contributed by atoms with van der Waals surface area (Å²) in [5, 5.41) is 11.1. The Morgan fingerprint density at radius 1 is 1.25 bits per heavy atom. The van der Waals surface area contributed by atoms with Gasteiger partial charge >= 0.3 is 0 Å². The van der Waals surface area contributed by atoms with E-state index in [1.54, 1.807) is 0 Å². The van der Waals surface area contributed by atoms with Crippen molar-refractivity contribution in [2.24, 2.45) is 0 Å². The zero-order valence-electron chi connectivity index (χ0n) is 10.3. The summed E-state index contributed by atoms with van der Waals surface area (Å²) in [6, 6.07) is 6.43. The van der Waals surface area contributed by atoms with E-state index in [0.717, 1.165) is 18.4 Å². The highest BCUT2D eigenvalue weighted by Gasteiger charge is 2.38. The zero-order valence-corrected chi connectivity index (χ0v) is 11.1. The molecule has 0 radical (unpaired) electrons. The van der Waals surface area contributed by atoms with E-state index in [9.17, 15) is 5.11 Å². The molecule has 1 aliphatic rings. The molecule has 2 unspecified atom stereocenters. The Labute approximate surface area is 102 Å². The van der Waals surface area contributed by atoms with E-state index in [-0.39, 0.29) is 0 Å². The van der Waals surface area contributed by atoms with Crippen LogP contribution in [0.4, 0.5) is 0 Å². The van der Waals surface area contributed by atoms with Gasteiger partial charge in [-0.25, -0.2) is 0 Å². The summed E-state index contributed by atoms with van der Waals surface area (Å²) in [7, 11) is 0. The van der Waals surface area contributed by atoms with Crippen molar-refractivity contribution in [3.63, 3.8) is 0 Å². The highest BCUT2D eigenvalue weighted by atomic mass is 32.2. The third-order valence-electron chi connectivity index (χ3n) is 3.46. The lowest BCUT2D eigenvalue weighted by Gasteiger charge is -2.38. The van der Waals surface area contributed by atoms with Gasteiger partial charge in [-0.1, -0.05) is 36.2 Å². The van der Waals surface area contributed by atoms with Gasteiger partial charge in [-0.3, -0.25) is 0 Å². The zero-order chi connectivity index (χ0) is 11.8. The first-order valence-electron chi connectivity index (χ1n) is 5.95. The fourth-order valence-corrected chi connectivity index (χ4v) is 3.74. The highest BCUT2D eigenvalue weighted by molar-refractivity contribution is 8.00. The predicted octanol–water partition coefficient (Wildman–Crippen LogP) is 3.41. The summed E-state index contributed by atoms with van der Waals surface area (Å²) in [5.41, 5.74) is 2.96. The number of hydrogen-bond donors (Lipinski definition) is 1. The molecule has 0 bridgehead atoms. The van der Waals surface area contributed by atoms with Crippen LogP contribution in [-0.2, 0) is 5.60 Å². The molecule has 1 saturated heterocycles. The van der Waals surface area contributed by atoms with E-state index in [2.05, 4.69) is 39.0 Å². The summed E-state index contributed by atoms with van der Waals surface area (Å²) in [4.78, 5) is 0. The first kappa shape index (κ1) is 12.0. The van der Waals surface area contributed by atoms with Gasteiger partial charge in [0.15, 0.2) is 0 Å². The molecule has 1 aromatic carbocycles. The Hall–Kier alpha value is -0.470. The Morgan fingerprint density at radius 2 is 1.88 bits per heavy atom. The SMILES string of the molecule is Cc1cc(C)cc(C2(O)CCCSC2C)c1. The molecular formula is C14H20OS. The molecular weight excluding hydrogens is 216 g/mol. The number of aryl methyl sites for hydroxylation is 2. The van der Waals surface area contributed by atoms with Crippen LogP contribution in [0.3, 0.4) is 0 Å². The van der Waals surface area contributed by atoms with Crippen molar-refractivity contribution in [3.8, 4) is 0 Å². The molecule has 1 nitrogen and oxygen atoms in total. The highest BCUT2D eigenvalue weighted by Crippen LogP contribution is 2.41. The average Bonchev–Trinajstić information content (AvgIpc) is 2.21. The molecule has 88 valence electrons. The van der Waals surface area contributed by atoms with Crippen molar-refractivity contribution >= 4 is 11.8 Å². The summed E-state index contributed by atoms with van der Waals surface area (Å²) < 4.78 is 0. The van der Waals surface area contributed by atoms with Gasteiger partial charge in [0.1, 0.15) is 5.60 Å². The van der Waals surface area contributed by atoms with Crippen LogP contribution in [0.15, 0.2) is 18.2 Å². The van der Waals surface area contributed by atoms with Crippen molar-refractivity contribution in [1.82, 2.24) is 0 Å². The first-order valence-corrected chi connectivity index (χ1v) is 7.00. The van der Waals surface area contributed by atoms with E-state index < -0.39 is 5.60 Å². The molecule has 1 aromatic rings. The summed E-state index contributed by atoms with van der Waals surface area (Å²) in [6.45, 7) is 6.34. The Balaban J connectivity index is 2.40. The molecule has 1 heterocycles. The lowest BCUT2D eigenvalue weighted by molar-refractivity contribution is 0.0253. The Morgan fingerprint density at radius 3 is 2.44 bits per heavy atom. The maximum absolute atomic E-state index is 10.8. The number of rotatable bonds is 1. The summed E-state index contributed by atoms with van der Waals surface area (Å²) >= 11 is 1.88. The van der Waals surface area contributed by atoms with Gasteiger partial charge in [-0.05, 0) is 38.0 Å². The van der Waals surface area contributed by atoms with Gasteiger partial charge < -0.3 is 5.11 Å². The fourth-order valence-electron chi connectivity index (χ4n) is 2.55. The van der Waals surface area contributed by atoms with E-state index in [4.69, 9.17) is 0 Å². The second-order valence-electron chi connectivity index (χ2n) is 4.92. The van der Waals surface area contributed by atoms with Crippen molar-refractivity contribution in [2.45, 2.75) is 44.5 Å². The maximum Gasteiger partial charge on any atom is 0.101 e. The third kappa shape index (κ3) is 2.14. The predicted molar refractivity (Wildman–Crippen MR) is 71.0 cm³/mol. The van der Waals surface area contributed by atoms with Crippen LogP contribution in [0, 0.1) is 13.8 Å². The van der Waals surface area contributed by atoms with Crippen LogP contribution in [0.25, 0.3) is 0 Å². The molecule has 1 fully saturated rings. The van der Waals surface area contributed by atoms with Gasteiger partial charge in [-0.15, -0.1) is 0 Å². The average molecular weight is 236 g/mol. The van der Waals surface area contributed by atoms with E-state index >= 15 is 0 Å². The second kappa shape index (κ2) is 4.42. The molecule has 16 heavy (non-hydrogen) atoms. The molecule has 2 heteroatoms. The minimum Gasteiger partial charge on any atom is -0.384 e. The lowest BCUT2D eigenvalue weighted by atomic mass is 9.84. The fraction of sp³-hybridized carbons (Fsp3) is 0.571. The van der Waals surface area contributed by atoms with Crippen LogP contribution >= 0.6 is 11.8 Å². The van der Waals surface area contributed by atoms with E-state index in [1.807, 2.05) is 11.8 Å². The Kier molecular flexibility index (Phi) is 3.32. The monoisotopic (exact) mass is 236 g/mol.